The Morgan fingerprint density at radius 3 is 2.56 bits per heavy atom. The third kappa shape index (κ3) is 6.66. The van der Waals surface area contributed by atoms with Crippen molar-refractivity contribution in [2.75, 3.05) is 18.9 Å². The lowest BCUT2D eigenvalue weighted by Gasteiger charge is -2.26. The number of alkyl halides is 1. The van der Waals surface area contributed by atoms with Gasteiger partial charge in [-0.1, -0.05) is 54.5 Å². The summed E-state index contributed by atoms with van der Waals surface area (Å²) >= 11 is 8.09. The molecule has 3 aliphatic heterocycles. The van der Waals surface area contributed by atoms with Gasteiger partial charge in [0.15, 0.2) is 23.9 Å². The predicted octanol–water partition coefficient (Wildman–Crippen LogP) is 3.11. The molecule has 19 heteroatoms. The summed E-state index contributed by atoms with van der Waals surface area (Å²) in [6.07, 6.45) is -8.34. The number of nitrogen functional groups attached to an aromatic ring is 1. The topological polar surface area (TPSA) is 179 Å². The van der Waals surface area contributed by atoms with Gasteiger partial charge in [0.05, 0.1) is 25.6 Å². The van der Waals surface area contributed by atoms with Gasteiger partial charge < -0.3 is 24.8 Å². The van der Waals surface area contributed by atoms with Crippen LogP contribution in [-0.2, 0) is 36.7 Å². The van der Waals surface area contributed by atoms with Crippen LogP contribution in [0.4, 0.5) is 10.2 Å². The number of nitrogens with zero attached hydrogens (tertiary/aromatic N) is 4. The van der Waals surface area contributed by atoms with Crippen molar-refractivity contribution >= 4 is 55.1 Å². The summed E-state index contributed by atoms with van der Waals surface area (Å²) < 4.78 is 77.6. The number of fused-ring (bicyclic) bond motifs is 4. The molecule has 6 rings (SSSR count). The SMILES string of the molecule is Nc1ncnc2c1ncn2[C@@H]1O[C@@H]2COP(=O)(S)O[C@@H]3[C@H](O)[C@@H](CCOP(=O)(S)O[C@H]2[C@H]1F)O[C@H]3C#Cc1ccccc1. The first-order valence-corrected chi connectivity index (χ1v) is 18.3. The monoisotopic (exact) mass is 673 g/mol. The van der Waals surface area contributed by atoms with Crippen molar-refractivity contribution in [3.8, 4) is 11.8 Å². The van der Waals surface area contributed by atoms with Crippen LogP contribution < -0.4 is 5.73 Å². The number of hydrogen-bond donors (Lipinski definition) is 4. The number of aliphatic hydroxyl groups is 1. The molecule has 1 aromatic carbocycles. The van der Waals surface area contributed by atoms with Crippen molar-refractivity contribution in [3.05, 3.63) is 48.5 Å². The standard InChI is InChI=1S/C24H26FN5O9P2S2/c25-17-20-16(37-24(17)30-12-29-18-22(26)27-11-28-23(18)30)10-35-41(33,43)39-21-15(7-6-13-4-2-1-3-5-13)36-14(19(21)31)8-9-34-40(32,42)38-20/h1-5,11-12,14-17,19-21,24,31H,8-10H2,(H,32,42)(H,33,43)(H2,26,27,28)/t14-,15+,16-,17-,19-,20-,21+,24-,40?,41?/m1/s1. The number of imidazole rings is 1. The van der Waals surface area contributed by atoms with Crippen molar-refractivity contribution in [1.29, 1.82) is 0 Å². The van der Waals surface area contributed by atoms with Crippen LogP contribution in [0.3, 0.4) is 0 Å². The van der Waals surface area contributed by atoms with Crippen LogP contribution in [0.2, 0.25) is 0 Å². The van der Waals surface area contributed by atoms with E-state index in [1.54, 1.807) is 24.3 Å². The minimum absolute atomic E-state index is 0.00931. The fraction of sp³-hybridized carbons (Fsp3) is 0.458. The van der Waals surface area contributed by atoms with Crippen molar-refractivity contribution in [1.82, 2.24) is 19.5 Å². The highest BCUT2D eigenvalue weighted by Crippen LogP contribution is 2.59. The van der Waals surface area contributed by atoms with E-state index < -0.39 is 69.2 Å². The fourth-order valence-electron chi connectivity index (χ4n) is 4.94. The summed E-state index contributed by atoms with van der Waals surface area (Å²) in [5.74, 6) is 5.89. The first-order chi connectivity index (χ1) is 20.5. The van der Waals surface area contributed by atoms with E-state index in [-0.39, 0.29) is 30.0 Å². The van der Waals surface area contributed by atoms with E-state index >= 15 is 4.39 Å². The number of thiol groups is 2. The molecule has 230 valence electrons. The molecular weight excluding hydrogens is 647 g/mol. The van der Waals surface area contributed by atoms with E-state index in [2.05, 4.69) is 51.3 Å². The van der Waals surface area contributed by atoms with Crippen LogP contribution in [0.1, 0.15) is 18.2 Å². The number of benzene rings is 1. The van der Waals surface area contributed by atoms with E-state index in [0.29, 0.717) is 5.56 Å². The largest absolute Gasteiger partial charge is 0.388 e. The minimum atomic E-state index is -4.25. The molecular formula is C24H26FN5O9P2S2. The van der Waals surface area contributed by atoms with Gasteiger partial charge in [-0.15, -0.1) is 0 Å². The molecule has 3 aliphatic rings. The summed E-state index contributed by atoms with van der Waals surface area (Å²) in [6.45, 7) is -9.31. The Labute approximate surface area is 255 Å². The van der Waals surface area contributed by atoms with Crippen molar-refractivity contribution in [2.24, 2.45) is 0 Å². The Hall–Kier alpha value is -2.06. The average Bonchev–Trinajstić information content (AvgIpc) is 3.61. The normalized spacial score (nSPS) is 38.6. The number of aliphatic hydroxyl groups excluding tert-OH is 1. The Kier molecular flexibility index (Phi) is 8.91. The highest BCUT2D eigenvalue weighted by atomic mass is 32.7. The molecule has 0 amide bonds. The summed E-state index contributed by atoms with van der Waals surface area (Å²) in [5.41, 5.74) is 6.92. The summed E-state index contributed by atoms with van der Waals surface area (Å²) in [7, 11) is 0. The molecule has 5 heterocycles. The number of ether oxygens (including phenoxy) is 2. The Balaban J connectivity index is 1.27. The Bertz CT molecular complexity index is 1650. The van der Waals surface area contributed by atoms with Crippen molar-refractivity contribution < 1.29 is 46.2 Å². The lowest BCUT2D eigenvalue weighted by atomic mass is 10.1. The van der Waals surface area contributed by atoms with Crippen LogP contribution >= 0.6 is 38.1 Å². The highest BCUT2D eigenvalue weighted by Gasteiger charge is 2.52. The van der Waals surface area contributed by atoms with E-state index in [9.17, 15) is 14.2 Å². The quantitative estimate of drug-likeness (QED) is 0.168. The molecule has 2 bridgehead atoms. The second-order valence-corrected chi connectivity index (χ2v) is 15.6. The average molecular weight is 674 g/mol. The first-order valence-electron chi connectivity index (χ1n) is 13.0. The zero-order valence-electron chi connectivity index (χ0n) is 22.0. The van der Waals surface area contributed by atoms with E-state index in [1.807, 2.05) is 6.07 Å². The van der Waals surface area contributed by atoms with Gasteiger partial charge in [0.1, 0.15) is 42.4 Å². The maximum Gasteiger partial charge on any atom is 0.386 e. The van der Waals surface area contributed by atoms with Gasteiger partial charge in [-0.3, -0.25) is 18.1 Å². The van der Waals surface area contributed by atoms with Crippen molar-refractivity contribution in [3.63, 3.8) is 0 Å². The lowest BCUT2D eigenvalue weighted by Crippen LogP contribution is -2.36. The number of rotatable bonds is 1. The van der Waals surface area contributed by atoms with Gasteiger partial charge in [-0.05, 0) is 12.1 Å². The van der Waals surface area contributed by atoms with E-state index in [0.717, 1.165) is 0 Å². The van der Waals surface area contributed by atoms with Crippen LogP contribution in [0.15, 0.2) is 43.0 Å². The summed E-state index contributed by atoms with van der Waals surface area (Å²) in [4.78, 5) is 12.1. The molecule has 0 saturated carbocycles. The molecule has 43 heavy (non-hydrogen) atoms. The third-order valence-corrected chi connectivity index (χ3v) is 10.2. The maximum atomic E-state index is 16.0. The number of aromatic nitrogens is 4. The van der Waals surface area contributed by atoms with Gasteiger partial charge in [0, 0.05) is 12.0 Å². The first kappa shape index (κ1) is 30.9. The molecule has 0 aliphatic carbocycles. The molecule has 3 saturated heterocycles. The lowest BCUT2D eigenvalue weighted by molar-refractivity contribution is -0.0437. The maximum absolute atomic E-state index is 16.0. The van der Waals surface area contributed by atoms with Crippen LogP contribution in [0.5, 0.6) is 0 Å². The smallest absolute Gasteiger partial charge is 0.386 e. The zero-order chi connectivity index (χ0) is 30.4. The zero-order valence-corrected chi connectivity index (χ0v) is 25.6. The molecule has 0 radical (unpaired) electrons. The molecule has 14 nitrogen and oxygen atoms in total. The van der Waals surface area contributed by atoms with E-state index in [1.165, 1.54) is 17.2 Å². The highest BCUT2D eigenvalue weighted by molar-refractivity contribution is 8.44. The number of halogens is 1. The molecule has 3 fully saturated rings. The van der Waals surface area contributed by atoms with Crippen LogP contribution in [-0.4, -0.2) is 80.6 Å². The minimum Gasteiger partial charge on any atom is -0.388 e. The van der Waals surface area contributed by atoms with Gasteiger partial charge in [0.2, 0.25) is 0 Å². The van der Waals surface area contributed by atoms with Gasteiger partial charge in [-0.25, -0.2) is 28.5 Å². The Morgan fingerprint density at radius 2 is 1.77 bits per heavy atom. The molecule has 3 N–H and O–H groups in total. The molecule has 10 atom stereocenters. The number of hydrogen-bond acceptors (Lipinski definition) is 13. The number of nitrogens with two attached hydrogens (primary N) is 1. The molecule has 2 aromatic heterocycles. The Morgan fingerprint density at radius 1 is 1.02 bits per heavy atom. The fourth-order valence-corrected chi connectivity index (χ4v) is 7.93. The van der Waals surface area contributed by atoms with E-state index in [4.69, 9.17) is 33.3 Å². The summed E-state index contributed by atoms with van der Waals surface area (Å²) in [5, 5.41) is 11.0. The third-order valence-electron chi connectivity index (χ3n) is 6.97. The van der Waals surface area contributed by atoms with Crippen molar-refractivity contribution in [2.45, 2.75) is 55.4 Å². The van der Waals surface area contributed by atoms with Gasteiger partial charge in [-0.2, -0.15) is 0 Å². The predicted molar refractivity (Wildman–Crippen MR) is 156 cm³/mol. The molecule has 2 unspecified atom stereocenters. The second-order valence-electron chi connectivity index (χ2n) is 9.81. The van der Waals surface area contributed by atoms with Gasteiger partial charge in [0.25, 0.3) is 0 Å². The molecule has 0 spiro atoms. The summed E-state index contributed by atoms with van der Waals surface area (Å²) in [6, 6.07) is 9.01. The van der Waals surface area contributed by atoms with Crippen LogP contribution in [0, 0.1) is 11.8 Å². The van der Waals surface area contributed by atoms with Crippen LogP contribution in [0.25, 0.3) is 11.2 Å². The molecule has 3 aromatic rings. The second kappa shape index (κ2) is 12.4. The van der Waals surface area contributed by atoms with Gasteiger partial charge >= 0.3 is 13.6 Å². The number of anilines is 1.